The van der Waals surface area contributed by atoms with Crippen molar-refractivity contribution in [3.05, 3.63) is 23.5 Å². The minimum Gasteiger partial charge on any atom is -0.493 e. The molecule has 0 radical (unpaired) electrons. The minimum atomic E-state index is -0.551. The number of benzene rings is 1. The SMILES string of the molecule is COc1cc(F)c(C(N)CCO)cc1OC. The summed E-state index contributed by atoms with van der Waals surface area (Å²) in [6.07, 6.45) is 0.298. The van der Waals surface area contributed by atoms with E-state index in [9.17, 15) is 4.39 Å². The highest BCUT2D eigenvalue weighted by Gasteiger charge is 2.15. The molecule has 1 rings (SSSR count). The van der Waals surface area contributed by atoms with Gasteiger partial charge in [0.1, 0.15) is 5.82 Å². The van der Waals surface area contributed by atoms with Crippen LogP contribution in [0.3, 0.4) is 0 Å². The van der Waals surface area contributed by atoms with Gasteiger partial charge in [0.2, 0.25) is 0 Å². The molecule has 5 heteroatoms. The third kappa shape index (κ3) is 2.62. The summed E-state index contributed by atoms with van der Waals surface area (Å²) in [5.74, 6) is 0.283. The van der Waals surface area contributed by atoms with Crippen molar-refractivity contribution in [2.45, 2.75) is 12.5 Å². The summed E-state index contributed by atoms with van der Waals surface area (Å²) < 4.78 is 23.6. The second-order valence-electron chi connectivity index (χ2n) is 3.35. The van der Waals surface area contributed by atoms with Gasteiger partial charge in [-0.25, -0.2) is 4.39 Å². The second-order valence-corrected chi connectivity index (χ2v) is 3.35. The van der Waals surface area contributed by atoms with E-state index in [1.807, 2.05) is 0 Å². The molecule has 0 saturated carbocycles. The lowest BCUT2D eigenvalue weighted by Crippen LogP contribution is -2.14. The Kier molecular flexibility index (Phi) is 4.52. The monoisotopic (exact) mass is 229 g/mol. The number of methoxy groups -OCH3 is 2. The summed E-state index contributed by atoms with van der Waals surface area (Å²) in [6.45, 7) is -0.0883. The van der Waals surface area contributed by atoms with Gasteiger partial charge in [0, 0.05) is 24.3 Å². The predicted molar refractivity (Wildman–Crippen MR) is 58.1 cm³/mol. The van der Waals surface area contributed by atoms with Gasteiger partial charge < -0.3 is 20.3 Å². The third-order valence-corrected chi connectivity index (χ3v) is 2.34. The Morgan fingerprint density at radius 1 is 1.31 bits per heavy atom. The molecule has 0 bridgehead atoms. The molecule has 0 aromatic heterocycles. The Balaban J connectivity index is 3.10. The van der Waals surface area contributed by atoms with Crippen LogP contribution in [0.1, 0.15) is 18.0 Å². The Morgan fingerprint density at radius 2 is 1.88 bits per heavy atom. The first kappa shape index (κ1) is 12.7. The van der Waals surface area contributed by atoms with Crippen LogP contribution in [0.5, 0.6) is 11.5 Å². The highest BCUT2D eigenvalue weighted by molar-refractivity contribution is 5.44. The fourth-order valence-corrected chi connectivity index (χ4v) is 1.45. The number of hydrogen-bond acceptors (Lipinski definition) is 4. The lowest BCUT2D eigenvalue weighted by molar-refractivity contribution is 0.275. The van der Waals surface area contributed by atoms with Gasteiger partial charge in [-0.1, -0.05) is 0 Å². The summed E-state index contributed by atoms with van der Waals surface area (Å²) in [6, 6.07) is 2.17. The van der Waals surface area contributed by atoms with Crippen LogP contribution in [-0.2, 0) is 0 Å². The maximum absolute atomic E-state index is 13.6. The third-order valence-electron chi connectivity index (χ3n) is 2.34. The first-order valence-electron chi connectivity index (χ1n) is 4.91. The van der Waals surface area contributed by atoms with Gasteiger partial charge in [-0.05, 0) is 12.5 Å². The van der Waals surface area contributed by atoms with Gasteiger partial charge in [-0.2, -0.15) is 0 Å². The molecular formula is C11H16FNO3. The quantitative estimate of drug-likeness (QED) is 0.797. The Morgan fingerprint density at radius 3 is 2.38 bits per heavy atom. The van der Waals surface area contributed by atoms with E-state index in [4.69, 9.17) is 20.3 Å². The average molecular weight is 229 g/mol. The van der Waals surface area contributed by atoms with Gasteiger partial charge in [0.25, 0.3) is 0 Å². The molecule has 0 aliphatic rings. The summed E-state index contributed by atoms with van der Waals surface area (Å²) in [4.78, 5) is 0. The zero-order valence-corrected chi connectivity index (χ0v) is 9.37. The number of aliphatic hydroxyl groups is 1. The average Bonchev–Trinajstić information content (AvgIpc) is 2.28. The molecule has 1 atom stereocenters. The van der Waals surface area contributed by atoms with Crippen molar-refractivity contribution >= 4 is 0 Å². The molecule has 0 spiro atoms. The largest absolute Gasteiger partial charge is 0.493 e. The molecule has 0 amide bonds. The van der Waals surface area contributed by atoms with Crippen LogP contribution < -0.4 is 15.2 Å². The summed E-state index contributed by atoms with van der Waals surface area (Å²) >= 11 is 0. The van der Waals surface area contributed by atoms with Crippen LogP contribution in [0, 0.1) is 5.82 Å². The van der Waals surface area contributed by atoms with E-state index in [0.717, 1.165) is 0 Å². The molecule has 1 unspecified atom stereocenters. The van der Waals surface area contributed by atoms with Crippen molar-refractivity contribution in [3.63, 3.8) is 0 Å². The van der Waals surface area contributed by atoms with E-state index >= 15 is 0 Å². The zero-order chi connectivity index (χ0) is 12.1. The first-order valence-corrected chi connectivity index (χ1v) is 4.91. The second kappa shape index (κ2) is 5.67. The van der Waals surface area contributed by atoms with Gasteiger partial charge in [0.15, 0.2) is 11.5 Å². The van der Waals surface area contributed by atoms with Crippen molar-refractivity contribution in [3.8, 4) is 11.5 Å². The first-order chi connectivity index (χ1) is 7.63. The molecule has 1 aromatic rings. The summed E-state index contributed by atoms with van der Waals surface area (Å²) in [5.41, 5.74) is 6.04. The summed E-state index contributed by atoms with van der Waals surface area (Å²) in [5, 5.41) is 8.76. The molecule has 0 aliphatic heterocycles. The van der Waals surface area contributed by atoms with Gasteiger partial charge in [-0.15, -0.1) is 0 Å². The Hall–Kier alpha value is -1.33. The Bertz CT molecular complexity index is 357. The highest BCUT2D eigenvalue weighted by Crippen LogP contribution is 2.32. The van der Waals surface area contributed by atoms with Crippen LogP contribution in [0.25, 0.3) is 0 Å². The van der Waals surface area contributed by atoms with Crippen LogP contribution in [0.2, 0.25) is 0 Å². The molecule has 3 N–H and O–H groups in total. The normalized spacial score (nSPS) is 12.3. The van der Waals surface area contributed by atoms with Gasteiger partial charge in [0.05, 0.1) is 14.2 Å². The van der Waals surface area contributed by atoms with Gasteiger partial charge >= 0.3 is 0 Å². The van der Waals surface area contributed by atoms with E-state index in [0.29, 0.717) is 23.5 Å². The summed E-state index contributed by atoms with van der Waals surface area (Å²) in [7, 11) is 2.90. The number of aliphatic hydroxyl groups excluding tert-OH is 1. The Labute approximate surface area is 93.8 Å². The molecule has 16 heavy (non-hydrogen) atoms. The predicted octanol–water partition coefficient (Wildman–Crippen LogP) is 1.23. The molecule has 0 heterocycles. The topological polar surface area (TPSA) is 64.7 Å². The van der Waals surface area contributed by atoms with E-state index < -0.39 is 11.9 Å². The molecule has 1 aromatic carbocycles. The van der Waals surface area contributed by atoms with Gasteiger partial charge in [-0.3, -0.25) is 0 Å². The fraction of sp³-hybridized carbons (Fsp3) is 0.455. The van der Waals surface area contributed by atoms with E-state index in [1.54, 1.807) is 0 Å². The minimum absolute atomic E-state index is 0.0883. The van der Waals surface area contributed by atoms with Crippen molar-refractivity contribution in [1.29, 1.82) is 0 Å². The fourth-order valence-electron chi connectivity index (χ4n) is 1.45. The number of nitrogens with two attached hydrogens (primary N) is 1. The van der Waals surface area contributed by atoms with E-state index in [-0.39, 0.29) is 6.61 Å². The van der Waals surface area contributed by atoms with Crippen LogP contribution in [0.15, 0.2) is 12.1 Å². The van der Waals surface area contributed by atoms with Crippen molar-refractivity contribution in [2.24, 2.45) is 5.73 Å². The molecule has 0 aliphatic carbocycles. The molecule has 4 nitrogen and oxygen atoms in total. The molecular weight excluding hydrogens is 213 g/mol. The molecule has 0 fully saturated rings. The lowest BCUT2D eigenvalue weighted by atomic mass is 10.0. The van der Waals surface area contributed by atoms with Crippen molar-refractivity contribution < 1.29 is 19.0 Å². The standard InChI is InChI=1S/C11H16FNO3/c1-15-10-5-7(9(13)3-4-14)8(12)6-11(10)16-2/h5-6,9,14H,3-4,13H2,1-2H3. The van der Waals surface area contributed by atoms with Crippen LogP contribution in [0.4, 0.5) is 4.39 Å². The molecule has 0 saturated heterocycles. The van der Waals surface area contributed by atoms with Crippen LogP contribution >= 0.6 is 0 Å². The van der Waals surface area contributed by atoms with Crippen molar-refractivity contribution in [1.82, 2.24) is 0 Å². The number of rotatable bonds is 5. The van der Waals surface area contributed by atoms with Crippen LogP contribution in [-0.4, -0.2) is 25.9 Å². The van der Waals surface area contributed by atoms with Crippen molar-refractivity contribution in [2.75, 3.05) is 20.8 Å². The van der Waals surface area contributed by atoms with E-state index in [1.165, 1.54) is 26.4 Å². The van der Waals surface area contributed by atoms with E-state index in [2.05, 4.69) is 0 Å². The maximum Gasteiger partial charge on any atom is 0.163 e. The maximum atomic E-state index is 13.6. The lowest BCUT2D eigenvalue weighted by Gasteiger charge is -2.15. The molecule has 90 valence electrons. The zero-order valence-electron chi connectivity index (χ0n) is 9.37. The highest BCUT2D eigenvalue weighted by atomic mass is 19.1. The number of hydrogen-bond donors (Lipinski definition) is 2. The smallest absolute Gasteiger partial charge is 0.163 e. The number of ether oxygens (including phenoxy) is 2. The number of halogens is 1.